The van der Waals surface area contributed by atoms with Crippen LogP contribution in [0.5, 0.6) is 0 Å². The van der Waals surface area contributed by atoms with Gasteiger partial charge in [-0.15, -0.1) is 0 Å². The monoisotopic (exact) mass is 476 g/mol. The van der Waals surface area contributed by atoms with E-state index in [0.29, 0.717) is 11.1 Å². The molecule has 0 aliphatic heterocycles. The molecule has 0 aromatic heterocycles. The van der Waals surface area contributed by atoms with Crippen LogP contribution in [0.4, 0.5) is 0 Å². The molecule has 186 valence electrons. The highest BCUT2D eigenvalue weighted by atomic mass is 16.4. The number of hydrogen-bond donors (Lipinski definition) is 7. The third-order valence-corrected chi connectivity index (χ3v) is 4.37. The van der Waals surface area contributed by atoms with E-state index in [1.807, 2.05) is 12.1 Å². The van der Waals surface area contributed by atoms with Crippen molar-refractivity contribution >= 4 is 23.8 Å². The summed E-state index contributed by atoms with van der Waals surface area (Å²) in [4.78, 5) is 41.5. The first-order valence-electron chi connectivity index (χ1n) is 10.1. The Bertz CT molecular complexity index is 905. The SMILES string of the molecule is CC(C)(N)C(=O)O.NC(=O)CC[C@H](N)C(=O)O.NC(C(=O)O)(c1ccccc1)c1ccccc1. The molecule has 0 aliphatic rings. The molecule has 11 nitrogen and oxygen atoms in total. The maximum Gasteiger partial charge on any atom is 0.333 e. The Hall–Kier alpha value is -3.80. The van der Waals surface area contributed by atoms with Crippen LogP contribution in [0.2, 0.25) is 0 Å². The molecule has 0 fully saturated rings. The molecular weight excluding hydrogens is 444 g/mol. The minimum atomic E-state index is -1.50. The quantitative estimate of drug-likeness (QED) is 0.278. The average molecular weight is 477 g/mol. The van der Waals surface area contributed by atoms with E-state index in [1.165, 1.54) is 13.8 Å². The Balaban J connectivity index is 0.000000546. The number of nitrogens with two attached hydrogens (primary N) is 4. The van der Waals surface area contributed by atoms with Crippen molar-refractivity contribution in [3.8, 4) is 0 Å². The van der Waals surface area contributed by atoms with Crippen LogP contribution >= 0.6 is 0 Å². The third-order valence-electron chi connectivity index (χ3n) is 4.37. The lowest BCUT2D eigenvalue weighted by Crippen LogP contribution is -2.45. The zero-order valence-electron chi connectivity index (χ0n) is 19.0. The van der Waals surface area contributed by atoms with E-state index in [0.717, 1.165) is 0 Å². The zero-order valence-corrected chi connectivity index (χ0v) is 19.0. The molecule has 0 unspecified atom stereocenters. The first-order chi connectivity index (χ1) is 15.6. The lowest BCUT2D eigenvalue weighted by Gasteiger charge is -2.25. The Morgan fingerprint density at radius 1 is 0.794 bits per heavy atom. The standard InChI is InChI=1S/C14H13NO2.C5H10N2O3.C4H9NO2/c15-14(13(16)17,11-7-3-1-4-8-11)12-9-5-2-6-10-12;6-3(5(9)10)1-2-4(7)8;1-4(2,5)3(6)7/h1-10H,15H2,(H,16,17);3H,1-2,6H2,(H2,7,8)(H,9,10);5H2,1-2H3,(H,6,7)/t;3-;/m.0./s1. The van der Waals surface area contributed by atoms with E-state index in [9.17, 15) is 24.3 Å². The van der Waals surface area contributed by atoms with E-state index < -0.39 is 40.9 Å². The summed E-state index contributed by atoms with van der Waals surface area (Å²) in [5.74, 6) is -3.68. The second-order valence-electron chi connectivity index (χ2n) is 7.82. The summed E-state index contributed by atoms with van der Waals surface area (Å²) in [5.41, 5.74) is 19.5. The first kappa shape index (κ1) is 30.2. The number of aliphatic carboxylic acids is 3. The fourth-order valence-corrected chi connectivity index (χ4v) is 2.24. The van der Waals surface area contributed by atoms with Crippen LogP contribution in [0.25, 0.3) is 0 Å². The molecule has 11 heteroatoms. The van der Waals surface area contributed by atoms with Crippen molar-refractivity contribution in [3.05, 3.63) is 71.8 Å². The molecular formula is C23H32N4O7. The van der Waals surface area contributed by atoms with Gasteiger partial charge in [-0.3, -0.25) is 14.4 Å². The third kappa shape index (κ3) is 10.2. The fourth-order valence-electron chi connectivity index (χ4n) is 2.24. The molecule has 0 saturated heterocycles. The van der Waals surface area contributed by atoms with E-state index in [-0.39, 0.29) is 12.8 Å². The molecule has 1 atom stereocenters. The smallest absolute Gasteiger partial charge is 0.333 e. The number of carbonyl (C=O) groups is 4. The number of carbonyl (C=O) groups excluding carboxylic acids is 1. The number of benzene rings is 2. The Labute approximate surface area is 197 Å². The van der Waals surface area contributed by atoms with Crippen LogP contribution in [-0.2, 0) is 24.7 Å². The van der Waals surface area contributed by atoms with Gasteiger partial charge in [-0.1, -0.05) is 60.7 Å². The van der Waals surface area contributed by atoms with Crippen LogP contribution in [0.15, 0.2) is 60.7 Å². The Morgan fingerprint density at radius 2 is 1.15 bits per heavy atom. The van der Waals surface area contributed by atoms with Crippen molar-refractivity contribution in [3.63, 3.8) is 0 Å². The Kier molecular flexibility index (Phi) is 12.2. The van der Waals surface area contributed by atoms with E-state index in [2.05, 4.69) is 0 Å². The highest BCUT2D eigenvalue weighted by Gasteiger charge is 2.37. The summed E-state index contributed by atoms with van der Waals surface area (Å²) in [7, 11) is 0. The van der Waals surface area contributed by atoms with Gasteiger partial charge in [0.05, 0.1) is 0 Å². The summed E-state index contributed by atoms with van der Waals surface area (Å²) < 4.78 is 0. The maximum atomic E-state index is 11.5. The van der Waals surface area contributed by atoms with Gasteiger partial charge in [-0.2, -0.15) is 0 Å². The van der Waals surface area contributed by atoms with Crippen LogP contribution in [0.1, 0.15) is 37.8 Å². The molecule has 0 aliphatic carbocycles. The van der Waals surface area contributed by atoms with Gasteiger partial charge < -0.3 is 38.3 Å². The number of rotatable bonds is 8. The van der Waals surface area contributed by atoms with Gasteiger partial charge >= 0.3 is 17.9 Å². The van der Waals surface area contributed by atoms with Gasteiger partial charge in [0.1, 0.15) is 11.6 Å². The predicted molar refractivity (Wildman–Crippen MR) is 125 cm³/mol. The number of carboxylic acids is 3. The highest BCUT2D eigenvalue weighted by molar-refractivity contribution is 5.85. The minimum Gasteiger partial charge on any atom is -0.480 e. The highest BCUT2D eigenvalue weighted by Crippen LogP contribution is 2.26. The first-order valence-corrected chi connectivity index (χ1v) is 10.1. The van der Waals surface area contributed by atoms with Crippen molar-refractivity contribution in [1.82, 2.24) is 0 Å². The normalized spacial score (nSPS) is 11.6. The van der Waals surface area contributed by atoms with E-state index in [4.69, 9.17) is 33.1 Å². The summed E-state index contributed by atoms with van der Waals surface area (Å²) in [6.07, 6.45) is 0.123. The van der Waals surface area contributed by atoms with Gasteiger partial charge in [0.25, 0.3) is 0 Å². The van der Waals surface area contributed by atoms with E-state index >= 15 is 0 Å². The summed E-state index contributed by atoms with van der Waals surface area (Å²) >= 11 is 0. The second-order valence-corrected chi connectivity index (χ2v) is 7.82. The van der Waals surface area contributed by atoms with Gasteiger partial charge in [0.2, 0.25) is 5.91 Å². The van der Waals surface area contributed by atoms with E-state index in [1.54, 1.807) is 48.5 Å². The number of hydrogen-bond acceptors (Lipinski definition) is 7. The van der Waals surface area contributed by atoms with Crippen molar-refractivity contribution in [2.75, 3.05) is 0 Å². The number of carboxylic acid groups (broad SMARTS) is 3. The van der Waals surface area contributed by atoms with Crippen LogP contribution in [0, 0.1) is 0 Å². The predicted octanol–water partition coefficient (Wildman–Crippen LogP) is 0.446. The molecule has 34 heavy (non-hydrogen) atoms. The number of amides is 1. The summed E-state index contributed by atoms with van der Waals surface area (Å²) in [6.45, 7) is 2.88. The maximum absolute atomic E-state index is 11.5. The van der Waals surface area contributed by atoms with Crippen molar-refractivity contribution < 1.29 is 34.5 Å². The topological polar surface area (TPSA) is 233 Å². The van der Waals surface area contributed by atoms with Crippen LogP contribution < -0.4 is 22.9 Å². The molecule has 0 bridgehead atoms. The number of primary amides is 1. The molecule has 2 aromatic rings. The molecule has 1 amide bonds. The molecule has 0 spiro atoms. The molecule has 0 radical (unpaired) electrons. The van der Waals surface area contributed by atoms with Crippen LogP contribution in [-0.4, -0.2) is 50.7 Å². The van der Waals surface area contributed by atoms with Crippen molar-refractivity contribution in [1.29, 1.82) is 0 Å². The minimum absolute atomic E-state index is 0.0213. The lowest BCUT2D eigenvalue weighted by atomic mass is 9.84. The molecule has 2 rings (SSSR count). The van der Waals surface area contributed by atoms with Crippen LogP contribution in [0.3, 0.4) is 0 Å². The van der Waals surface area contributed by atoms with Gasteiger partial charge in [0, 0.05) is 6.42 Å². The molecule has 0 saturated carbocycles. The van der Waals surface area contributed by atoms with Gasteiger partial charge in [-0.25, -0.2) is 4.79 Å². The average Bonchev–Trinajstić information content (AvgIpc) is 2.78. The molecule has 2 aromatic carbocycles. The largest absolute Gasteiger partial charge is 0.480 e. The Morgan fingerprint density at radius 3 is 1.38 bits per heavy atom. The summed E-state index contributed by atoms with van der Waals surface area (Å²) in [5, 5.41) is 25.8. The second kappa shape index (κ2) is 13.7. The molecule has 0 heterocycles. The molecule has 11 N–H and O–H groups in total. The van der Waals surface area contributed by atoms with Crippen molar-refractivity contribution in [2.45, 2.75) is 43.8 Å². The fraction of sp³-hybridized carbons (Fsp3) is 0.304. The van der Waals surface area contributed by atoms with Crippen molar-refractivity contribution in [2.24, 2.45) is 22.9 Å². The zero-order chi connectivity index (χ0) is 26.5. The lowest BCUT2D eigenvalue weighted by molar-refractivity contribution is -0.142. The van der Waals surface area contributed by atoms with Gasteiger partial charge in [0.15, 0.2) is 5.54 Å². The summed E-state index contributed by atoms with van der Waals surface area (Å²) in [6, 6.07) is 16.7. The van der Waals surface area contributed by atoms with Gasteiger partial charge in [-0.05, 0) is 31.4 Å².